The molecule has 0 unspecified atom stereocenters. The zero-order valence-electron chi connectivity index (χ0n) is 9.88. The summed E-state index contributed by atoms with van der Waals surface area (Å²) in [6.07, 6.45) is 3.73. The van der Waals surface area contributed by atoms with Gasteiger partial charge in [-0.15, -0.1) is 11.3 Å². The van der Waals surface area contributed by atoms with Gasteiger partial charge < -0.3 is 5.11 Å². The molecule has 0 bridgehead atoms. The molecule has 0 radical (unpaired) electrons. The topological polar surface area (TPSA) is 83.5 Å². The number of rotatable bonds is 8. The molecule has 0 amide bonds. The van der Waals surface area contributed by atoms with Crippen LogP contribution in [0, 0.1) is 0 Å². The van der Waals surface area contributed by atoms with Crippen LogP contribution in [0.5, 0.6) is 0 Å². The van der Waals surface area contributed by atoms with Crippen molar-refractivity contribution < 1.29 is 18.3 Å². The fourth-order valence-electron chi connectivity index (χ4n) is 1.23. The van der Waals surface area contributed by atoms with Gasteiger partial charge in [-0.05, 0) is 30.9 Å². The number of hydrogen-bond acceptors (Lipinski definition) is 5. The van der Waals surface area contributed by atoms with Crippen LogP contribution in [0.2, 0.25) is 0 Å². The Morgan fingerprint density at radius 3 is 2.78 bits per heavy atom. The average molecular weight is 309 g/mol. The van der Waals surface area contributed by atoms with Crippen LogP contribution in [0.4, 0.5) is 0 Å². The molecule has 8 heteroatoms. The van der Waals surface area contributed by atoms with Gasteiger partial charge in [0, 0.05) is 11.9 Å². The van der Waals surface area contributed by atoms with E-state index in [1.165, 1.54) is 11.4 Å². The Kier molecular flexibility index (Phi) is 6.13. The Labute approximate surface area is 115 Å². The number of aromatic carboxylic acids is 1. The van der Waals surface area contributed by atoms with Crippen molar-refractivity contribution in [2.24, 2.45) is 0 Å². The highest BCUT2D eigenvalue weighted by Gasteiger charge is 2.17. The highest BCUT2D eigenvalue weighted by molar-refractivity contribution is 7.98. The van der Waals surface area contributed by atoms with Crippen molar-refractivity contribution in [1.82, 2.24) is 4.72 Å². The molecule has 102 valence electrons. The summed E-state index contributed by atoms with van der Waals surface area (Å²) in [6, 6.07) is 1.18. The Balaban J connectivity index is 2.54. The molecule has 2 N–H and O–H groups in total. The maximum atomic E-state index is 11.8. The second-order valence-electron chi connectivity index (χ2n) is 3.55. The van der Waals surface area contributed by atoms with Crippen LogP contribution in [-0.2, 0) is 10.0 Å². The standard InChI is InChI=1S/C10H15NO4S3/c1-16-5-3-2-4-11-18(14,15)8-6-9(10(12)13)17-7-8/h6-7,11H,2-5H2,1H3,(H,12,13). The van der Waals surface area contributed by atoms with Gasteiger partial charge >= 0.3 is 5.97 Å². The highest BCUT2D eigenvalue weighted by Crippen LogP contribution is 2.19. The largest absolute Gasteiger partial charge is 0.477 e. The Bertz CT molecular complexity index is 495. The molecule has 0 saturated carbocycles. The van der Waals surface area contributed by atoms with Gasteiger partial charge in [0.1, 0.15) is 4.88 Å². The first-order valence-electron chi connectivity index (χ1n) is 5.28. The normalized spacial score (nSPS) is 11.6. The molecule has 0 fully saturated rings. The van der Waals surface area contributed by atoms with E-state index in [-0.39, 0.29) is 9.77 Å². The van der Waals surface area contributed by atoms with Crippen LogP contribution in [-0.4, -0.2) is 38.0 Å². The SMILES string of the molecule is CSCCCCNS(=O)(=O)c1csc(C(=O)O)c1. The number of unbranched alkanes of at least 4 members (excludes halogenated alkanes) is 1. The third-order valence-corrected chi connectivity index (χ3v) is 5.37. The summed E-state index contributed by atoms with van der Waals surface area (Å²) >= 11 is 2.63. The molecule has 1 aromatic rings. The minimum absolute atomic E-state index is 0.0229. The summed E-state index contributed by atoms with van der Waals surface area (Å²) in [7, 11) is -3.57. The van der Waals surface area contributed by atoms with E-state index in [0.717, 1.165) is 29.9 Å². The van der Waals surface area contributed by atoms with Crippen molar-refractivity contribution in [3.8, 4) is 0 Å². The summed E-state index contributed by atoms with van der Waals surface area (Å²) < 4.78 is 26.1. The van der Waals surface area contributed by atoms with E-state index in [2.05, 4.69) is 4.72 Å². The minimum Gasteiger partial charge on any atom is -0.477 e. The summed E-state index contributed by atoms with van der Waals surface area (Å²) in [5, 5.41) is 10.1. The lowest BCUT2D eigenvalue weighted by Crippen LogP contribution is -2.24. The lowest BCUT2D eigenvalue weighted by atomic mass is 10.3. The molecule has 0 aliphatic rings. The number of carbonyl (C=O) groups is 1. The summed E-state index contributed by atoms with van der Waals surface area (Å²) in [5.74, 6) is -0.106. The van der Waals surface area contributed by atoms with E-state index < -0.39 is 16.0 Å². The maximum absolute atomic E-state index is 11.8. The van der Waals surface area contributed by atoms with Gasteiger partial charge in [0.15, 0.2) is 0 Å². The molecule has 0 spiro atoms. The molecule has 0 saturated heterocycles. The van der Waals surface area contributed by atoms with Crippen LogP contribution in [0.1, 0.15) is 22.5 Å². The van der Waals surface area contributed by atoms with Crippen molar-refractivity contribution in [3.05, 3.63) is 16.3 Å². The zero-order valence-corrected chi connectivity index (χ0v) is 12.3. The smallest absolute Gasteiger partial charge is 0.345 e. The molecular formula is C10H15NO4S3. The molecule has 0 aliphatic heterocycles. The van der Waals surface area contributed by atoms with E-state index in [1.54, 1.807) is 11.8 Å². The van der Waals surface area contributed by atoms with Crippen molar-refractivity contribution in [1.29, 1.82) is 0 Å². The molecule has 0 aliphatic carbocycles. The first-order chi connectivity index (χ1) is 8.47. The van der Waals surface area contributed by atoms with Gasteiger partial charge in [-0.2, -0.15) is 11.8 Å². The van der Waals surface area contributed by atoms with E-state index in [9.17, 15) is 13.2 Å². The Morgan fingerprint density at radius 2 is 2.22 bits per heavy atom. The zero-order chi connectivity index (χ0) is 13.6. The predicted octanol–water partition coefficient (Wildman–Crippen LogP) is 1.87. The van der Waals surface area contributed by atoms with Crippen LogP contribution < -0.4 is 4.72 Å². The minimum atomic E-state index is -3.57. The monoisotopic (exact) mass is 309 g/mol. The molecule has 1 aromatic heterocycles. The van der Waals surface area contributed by atoms with E-state index >= 15 is 0 Å². The number of thioether (sulfide) groups is 1. The van der Waals surface area contributed by atoms with Crippen molar-refractivity contribution >= 4 is 39.1 Å². The highest BCUT2D eigenvalue weighted by atomic mass is 32.2. The summed E-state index contributed by atoms with van der Waals surface area (Å²) in [6.45, 7) is 0.376. The Hall–Kier alpha value is -0.570. The molecule has 0 aromatic carbocycles. The van der Waals surface area contributed by atoms with E-state index in [0.29, 0.717) is 6.54 Å². The molecule has 1 heterocycles. The second-order valence-corrected chi connectivity index (χ2v) is 7.21. The Morgan fingerprint density at radius 1 is 1.50 bits per heavy atom. The number of sulfonamides is 1. The predicted molar refractivity (Wildman–Crippen MR) is 74.1 cm³/mol. The fraction of sp³-hybridized carbons (Fsp3) is 0.500. The molecule has 1 rings (SSSR count). The van der Waals surface area contributed by atoms with Gasteiger partial charge in [-0.3, -0.25) is 0 Å². The number of hydrogen-bond donors (Lipinski definition) is 2. The molecule has 18 heavy (non-hydrogen) atoms. The van der Waals surface area contributed by atoms with E-state index in [1.807, 2.05) is 6.26 Å². The molecule has 5 nitrogen and oxygen atoms in total. The number of nitrogens with one attached hydrogen (secondary N) is 1. The van der Waals surface area contributed by atoms with Gasteiger partial charge in [0.25, 0.3) is 0 Å². The lowest BCUT2D eigenvalue weighted by molar-refractivity contribution is 0.0702. The van der Waals surface area contributed by atoms with Crippen LogP contribution in [0.3, 0.4) is 0 Å². The van der Waals surface area contributed by atoms with Crippen molar-refractivity contribution in [2.45, 2.75) is 17.7 Å². The lowest BCUT2D eigenvalue weighted by Gasteiger charge is -2.04. The molecular weight excluding hydrogens is 294 g/mol. The van der Waals surface area contributed by atoms with Gasteiger partial charge in [-0.25, -0.2) is 17.9 Å². The first-order valence-corrected chi connectivity index (χ1v) is 9.03. The average Bonchev–Trinajstić information content (AvgIpc) is 2.78. The fourth-order valence-corrected chi connectivity index (χ4v) is 3.91. The van der Waals surface area contributed by atoms with Crippen LogP contribution in [0.25, 0.3) is 0 Å². The quantitative estimate of drug-likeness (QED) is 0.716. The third-order valence-electron chi connectivity index (χ3n) is 2.16. The molecule has 0 atom stereocenters. The van der Waals surface area contributed by atoms with Gasteiger partial charge in [0.2, 0.25) is 10.0 Å². The maximum Gasteiger partial charge on any atom is 0.345 e. The van der Waals surface area contributed by atoms with Gasteiger partial charge in [0.05, 0.1) is 4.90 Å². The number of carboxylic acid groups (broad SMARTS) is 1. The third kappa shape index (κ3) is 4.60. The van der Waals surface area contributed by atoms with Crippen LogP contribution >= 0.6 is 23.1 Å². The number of carboxylic acids is 1. The van der Waals surface area contributed by atoms with Gasteiger partial charge in [-0.1, -0.05) is 0 Å². The summed E-state index contributed by atoms with van der Waals surface area (Å²) in [5.41, 5.74) is 0. The first kappa shape index (κ1) is 15.5. The van der Waals surface area contributed by atoms with Crippen molar-refractivity contribution in [3.63, 3.8) is 0 Å². The number of thiophene rings is 1. The van der Waals surface area contributed by atoms with E-state index in [4.69, 9.17) is 5.11 Å². The van der Waals surface area contributed by atoms with Crippen molar-refractivity contribution in [2.75, 3.05) is 18.6 Å². The van der Waals surface area contributed by atoms with Crippen LogP contribution in [0.15, 0.2) is 16.3 Å². The summed E-state index contributed by atoms with van der Waals surface area (Å²) in [4.78, 5) is 10.7. The second kappa shape index (κ2) is 7.13.